The molecule has 0 atom stereocenters. The minimum atomic E-state index is -0.102. The van der Waals surface area contributed by atoms with Gasteiger partial charge in [-0.1, -0.05) is 62.2 Å². The topological polar surface area (TPSA) is 46.9 Å². The minimum absolute atomic E-state index is 0.102. The molecule has 0 aliphatic rings. The summed E-state index contributed by atoms with van der Waals surface area (Å²) in [6.07, 6.45) is 0. The van der Waals surface area contributed by atoms with Crippen molar-refractivity contribution in [1.82, 2.24) is 9.55 Å². The molecule has 0 fully saturated rings. The fraction of sp³-hybridized carbons (Fsp3) is 0.0476. The van der Waals surface area contributed by atoms with Gasteiger partial charge in [0.1, 0.15) is 12.4 Å². The van der Waals surface area contributed by atoms with Crippen LogP contribution in [0.4, 0.5) is 5.69 Å². The van der Waals surface area contributed by atoms with Crippen LogP contribution in [0.25, 0.3) is 22.4 Å². The van der Waals surface area contributed by atoms with Crippen LogP contribution in [0.1, 0.15) is 0 Å². The van der Waals surface area contributed by atoms with Gasteiger partial charge in [-0.05, 0) is 42.5 Å². The van der Waals surface area contributed by atoms with Crippen molar-refractivity contribution in [3.05, 3.63) is 81.7 Å². The molecule has 1 amide bonds. The Labute approximate surface area is 173 Å². The maximum absolute atomic E-state index is 12.7. The van der Waals surface area contributed by atoms with E-state index in [0.717, 1.165) is 37.1 Å². The molecule has 4 aromatic rings. The largest absolute Gasteiger partial charge is 0.324 e. The first-order valence-electron chi connectivity index (χ1n) is 8.37. The number of carbonyl (C=O) groups excluding carboxylic acids is 1. The fourth-order valence-electron chi connectivity index (χ4n) is 2.97. The summed E-state index contributed by atoms with van der Waals surface area (Å²) in [6, 6.07) is 23.3. The van der Waals surface area contributed by atoms with Gasteiger partial charge in [-0.2, -0.15) is 0 Å². The van der Waals surface area contributed by atoms with E-state index in [1.165, 1.54) is 0 Å². The predicted molar refractivity (Wildman–Crippen MR) is 116 cm³/mol. The molecule has 1 aromatic heterocycles. The molecule has 0 aliphatic heterocycles. The number of fused-ring (bicyclic) bond motifs is 1. The summed E-state index contributed by atoms with van der Waals surface area (Å²) in [4.78, 5) is 17.4. The fourth-order valence-corrected chi connectivity index (χ4v) is 3.63. The minimum Gasteiger partial charge on any atom is -0.324 e. The summed E-state index contributed by atoms with van der Waals surface area (Å²) in [5.41, 5.74) is 3.51. The number of nitrogens with one attached hydrogen (secondary N) is 1. The summed E-state index contributed by atoms with van der Waals surface area (Å²) >= 11 is 6.88. The van der Waals surface area contributed by atoms with Gasteiger partial charge < -0.3 is 9.88 Å². The molecule has 6 heteroatoms. The third kappa shape index (κ3) is 3.96. The van der Waals surface area contributed by atoms with Gasteiger partial charge in [-0.15, -0.1) is 0 Å². The average molecular weight is 485 g/mol. The number of rotatable bonds is 4. The van der Waals surface area contributed by atoms with E-state index in [2.05, 4.69) is 37.2 Å². The average Bonchev–Trinajstić information content (AvgIpc) is 3.01. The molecule has 1 N–H and O–H groups in total. The highest BCUT2D eigenvalue weighted by Crippen LogP contribution is 2.26. The highest BCUT2D eigenvalue weighted by molar-refractivity contribution is 9.10. The number of imidazole rings is 1. The maximum atomic E-state index is 12.7. The standard InChI is InChI=1S/C21H15Br2N3O/c22-15-10-8-14(9-11-15)21-25-18-6-1-2-7-19(18)26(21)13-20(27)24-17-5-3-4-16(23)12-17/h1-12H,13H2,(H,24,27). The lowest BCUT2D eigenvalue weighted by Crippen LogP contribution is -2.19. The Morgan fingerprint density at radius 2 is 1.70 bits per heavy atom. The predicted octanol–water partition coefficient (Wildman–Crippen LogP) is 5.87. The van der Waals surface area contributed by atoms with Crippen LogP contribution in [-0.2, 0) is 11.3 Å². The Balaban J connectivity index is 1.70. The molecule has 3 aromatic carbocycles. The SMILES string of the molecule is O=C(Cn1c(-c2ccc(Br)cc2)nc2ccccc21)Nc1cccc(Br)c1. The number of halogens is 2. The van der Waals surface area contributed by atoms with Gasteiger partial charge in [-0.25, -0.2) is 4.98 Å². The second kappa shape index (κ2) is 7.66. The third-order valence-electron chi connectivity index (χ3n) is 4.17. The Morgan fingerprint density at radius 3 is 2.48 bits per heavy atom. The van der Waals surface area contributed by atoms with Gasteiger partial charge in [0.15, 0.2) is 0 Å². The zero-order valence-corrected chi connectivity index (χ0v) is 17.4. The Kier molecular flexibility index (Phi) is 5.09. The Hall–Kier alpha value is -2.44. The highest BCUT2D eigenvalue weighted by Gasteiger charge is 2.15. The number of hydrogen-bond donors (Lipinski definition) is 1. The molecule has 0 bridgehead atoms. The van der Waals surface area contributed by atoms with Crippen molar-refractivity contribution >= 4 is 54.5 Å². The molecule has 4 rings (SSSR count). The summed E-state index contributed by atoms with van der Waals surface area (Å²) in [5.74, 6) is 0.669. The number of para-hydroxylation sites is 2. The normalized spacial score (nSPS) is 10.9. The van der Waals surface area contributed by atoms with E-state index in [1.807, 2.05) is 77.4 Å². The van der Waals surface area contributed by atoms with Gasteiger partial charge >= 0.3 is 0 Å². The number of benzene rings is 3. The van der Waals surface area contributed by atoms with Crippen LogP contribution in [0, 0.1) is 0 Å². The smallest absolute Gasteiger partial charge is 0.244 e. The molecule has 134 valence electrons. The van der Waals surface area contributed by atoms with E-state index in [1.54, 1.807) is 0 Å². The van der Waals surface area contributed by atoms with E-state index in [0.29, 0.717) is 0 Å². The number of carbonyl (C=O) groups is 1. The van der Waals surface area contributed by atoms with Crippen LogP contribution in [0.15, 0.2) is 81.7 Å². The number of nitrogens with zero attached hydrogens (tertiary/aromatic N) is 2. The lowest BCUT2D eigenvalue weighted by atomic mass is 10.2. The molecule has 0 saturated heterocycles. The summed E-state index contributed by atoms with van der Waals surface area (Å²) in [7, 11) is 0. The molecular weight excluding hydrogens is 470 g/mol. The van der Waals surface area contributed by atoms with Crippen molar-refractivity contribution in [3.63, 3.8) is 0 Å². The lowest BCUT2D eigenvalue weighted by molar-refractivity contribution is -0.116. The van der Waals surface area contributed by atoms with Gasteiger partial charge in [0.25, 0.3) is 0 Å². The van der Waals surface area contributed by atoms with Crippen LogP contribution in [-0.4, -0.2) is 15.5 Å². The summed E-state index contributed by atoms with van der Waals surface area (Å²) in [5, 5.41) is 2.95. The second-order valence-electron chi connectivity index (χ2n) is 6.08. The number of hydrogen-bond acceptors (Lipinski definition) is 2. The first-order chi connectivity index (χ1) is 13.1. The van der Waals surface area contributed by atoms with Crippen molar-refractivity contribution in [2.75, 3.05) is 5.32 Å². The monoisotopic (exact) mass is 483 g/mol. The molecule has 0 saturated carbocycles. The van der Waals surface area contributed by atoms with Gasteiger partial charge in [0, 0.05) is 20.2 Å². The van der Waals surface area contributed by atoms with E-state index in [-0.39, 0.29) is 12.5 Å². The van der Waals surface area contributed by atoms with Gasteiger partial charge in [0.05, 0.1) is 11.0 Å². The molecule has 0 aliphatic carbocycles. The molecule has 0 spiro atoms. The summed E-state index contributed by atoms with van der Waals surface area (Å²) in [6.45, 7) is 0.179. The van der Waals surface area contributed by atoms with Gasteiger partial charge in [0.2, 0.25) is 5.91 Å². The van der Waals surface area contributed by atoms with E-state index in [9.17, 15) is 4.79 Å². The molecule has 0 unspecified atom stereocenters. The van der Waals surface area contributed by atoms with Crippen molar-refractivity contribution in [2.24, 2.45) is 0 Å². The van der Waals surface area contributed by atoms with Crippen LogP contribution >= 0.6 is 31.9 Å². The lowest BCUT2D eigenvalue weighted by Gasteiger charge is -2.10. The van der Waals surface area contributed by atoms with Crippen molar-refractivity contribution < 1.29 is 4.79 Å². The first-order valence-corrected chi connectivity index (χ1v) is 9.95. The van der Waals surface area contributed by atoms with Crippen molar-refractivity contribution in [2.45, 2.75) is 6.54 Å². The second-order valence-corrected chi connectivity index (χ2v) is 7.91. The zero-order valence-electron chi connectivity index (χ0n) is 14.2. The van der Waals surface area contributed by atoms with Crippen LogP contribution in [0.3, 0.4) is 0 Å². The van der Waals surface area contributed by atoms with Crippen molar-refractivity contribution in [3.8, 4) is 11.4 Å². The first kappa shape index (κ1) is 17.9. The molecule has 1 heterocycles. The van der Waals surface area contributed by atoms with Crippen LogP contribution in [0.2, 0.25) is 0 Å². The maximum Gasteiger partial charge on any atom is 0.244 e. The molecule has 0 radical (unpaired) electrons. The van der Waals surface area contributed by atoms with Crippen LogP contribution in [0.5, 0.6) is 0 Å². The Bertz CT molecular complexity index is 1120. The quantitative estimate of drug-likeness (QED) is 0.394. The molecule has 4 nitrogen and oxygen atoms in total. The third-order valence-corrected chi connectivity index (χ3v) is 5.19. The molecular formula is C21H15Br2N3O. The summed E-state index contributed by atoms with van der Waals surface area (Å²) < 4.78 is 3.87. The number of aromatic nitrogens is 2. The Morgan fingerprint density at radius 1 is 0.926 bits per heavy atom. The van der Waals surface area contributed by atoms with Crippen molar-refractivity contribution in [1.29, 1.82) is 0 Å². The van der Waals surface area contributed by atoms with E-state index < -0.39 is 0 Å². The highest BCUT2D eigenvalue weighted by atomic mass is 79.9. The number of anilines is 1. The zero-order chi connectivity index (χ0) is 18.8. The van der Waals surface area contributed by atoms with Gasteiger partial charge in [-0.3, -0.25) is 4.79 Å². The van der Waals surface area contributed by atoms with Crippen LogP contribution < -0.4 is 5.32 Å². The van der Waals surface area contributed by atoms with E-state index >= 15 is 0 Å². The molecule has 27 heavy (non-hydrogen) atoms. The number of amides is 1. The van der Waals surface area contributed by atoms with E-state index in [4.69, 9.17) is 4.98 Å².